The summed E-state index contributed by atoms with van der Waals surface area (Å²) in [5, 5.41) is 0.355. The van der Waals surface area contributed by atoms with Crippen LogP contribution in [0.5, 0.6) is 0 Å². The first-order valence-electron chi connectivity index (χ1n) is 8.67. The summed E-state index contributed by atoms with van der Waals surface area (Å²) in [5.74, 6) is 0.569. The summed E-state index contributed by atoms with van der Waals surface area (Å²) < 4.78 is 27.6. The highest BCUT2D eigenvalue weighted by molar-refractivity contribution is 7.92. The third-order valence-electron chi connectivity index (χ3n) is 4.41. The van der Waals surface area contributed by atoms with Crippen LogP contribution < -0.4 is 4.72 Å². The number of benzene rings is 2. The second-order valence-corrected chi connectivity index (χ2v) is 9.04. The van der Waals surface area contributed by atoms with Gasteiger partial charge in [0.25, 0.3) is 15.9 Å². The summed E-state index contributed by atoms with van der Waals surface area (Å²) in [6, 6.07) is 10.6. The van der Waals surface area contributed by atoms with Gasteiger partial charge in [-0.05, 0) is 68.1 Å². The van der Waals surface area contributed by atoms with E-state index >= 15 is 0 Å². The molecule has 2 aromatic carbocycles. The largest absolute Gasteiger partial charge is 0.339 e. The molecule has 1 saturated carbocycles. The SMILES string of the molecule is CCN(CC1CC1)C(=O)c1ccc(NS(=O)(=O)c2cc(Cl)ccc2Cl)cc1. The molecule has 2 aromatic rings. The average Bonchev–Trinajstić information content (AvgIpc) is 3.45. The Labute approximate surface area is 169 Å². The highest BCUT2D eigenvalue weighted by Crippen LogP contribution is 2.30. The first-order valence-corrected chi connectivity index (χ1v) is 10.9. The summed E-state index contributed by atoms with van der Waals surface area (Å²) in [6.07, 6.45) is 2.35. The lowest BCUT2D eigenvalue weighted by molar-refractivity contribution is 0.0757. The van der Waals surface area contributed by atoms with E-state index in [1.807, 2.05) is 11.8 Å². The van der Waals surface area contributed by atoms with Crippen molar-refractivity contribution in [2.24, 2.45) is 5.92 Å². The van der Waals surface area contributed by atoms with Crippen molar-refractivity contribution in [2.45, 2.75) is 24.7 Å². The molecule has 1 amide bonds. The van der Waals surface area contributed by atoms with E-state index in [4.69, 9.17) is 23.2 Å². The van der Waals surface area contributed by atoms with Crippen LogP contribution in [0, 0.1) is 5.92 Å². The third-order valence-corrected chi connectivity index (χ3v) is 6.51. The predicted molar refractivity (Wildman–Crippen MR) is 108 cm³/mol. The van der Waals surface area contributed by atoms with Gasteiger partial charge in [0.15, 0.2) is 0 Å². The van der Waals surface area contributed by atoms with Crippen LogP contribution in [0.25, 0.3) is 0 Å². The fourth-order valence-corrected chi connectivity index (χ4v) is 4.55. The maximum Gasteiger partial charge on any atom is 0.263 e. The molecule has 0 unspecified atom stereocenters. The van der Waals surface area contributed by atoms with Crippen LogP contribution in [0.15, 0.2) is 47.4 Å². The normalized spacial score (nSPS) is 14.0. The summed E-state index contributed by atoms with van der Waals surface area (Å²) in [5.41, 5.74) is 0.870. The summed E-state index contributed by atoms with van der Waals surface area (Å²) >= 11 is 11.9. The minimum atomic E-state index is -3.89. The molecule has 0 aliphatic heterocycles. The number of rotatable bonds is 7. The summed E-state index contributed by atoms with van der Waals surface area (Å²) in [4.78, 5) is 14.3. The molecule has 1 aliphatic carbocycles. The molecule has 0 heterocycles. The fraction of sp³-hybridized carbons (Fsp3) is 0.316. The topological polar surface area (TPSA) is 66.5 Å². The van der Waals surface area contributed by atoms with Crippen LogP contribution in [0.1, 0.15) is 30.1 Å². The number of sulfonamides is 1. The van der Waals surface area contributed by atoms with Gasteiger partial charge in [0.2, 0.25) is 0 Å². The fourth-order valence-electron chi connectivity index (χ4n) is 2.72. The average molecular weight is 427 g/mol. The molecule has 1 fully saturated rings. The molecule has 144 valence electrons. The van der Waals surface area contributed by atoms with Crippen molar-refractivity contribution in [3.05, 3.63) is 58.1 Å². The number of hydrogen-bond donors (Lipinski definition) is 1. The van der Waals surface area contributed by atoms with Gasteiger partial charge in [-0.1, -0.05) is 23.2 Å². The lowest BCUT2D eigenvalue weighted by atomic mass is 10.1. The van der Waals surface area contributed by atoms with Crippen LogP contribution in [-0.4, -0.2) is 32.3 Å². The zero-order valence-corrected chi connectivity index (χ0v) is 17.1. The minimum absolute atomic E-state index is 0.0447. The van der Waals surface area contributed by atoms with Crippen molar-refractivity contribution >= 4 is 44.8 Å². The molecule has 5 nitrogen and oxygen atoms in total. The van der Waals surface area contributed by atoms with E-state index in [0.717, 1.165) is 6.54 Å². The first kappa shape index (κ1) is 20.0. The van der Waals surface area contributed by atoms with E-state index in [9.17, 15) is 13.2 Å². The Morgan fingerprint density at radius 1 is 1.15 bits per heavy atom. The number of nitrogens with one attached hydrogen (secondary N) is 1. The van der Waals surface area contributed by atoms with E-state index < -0.39 is 10.0 Å². The van der Waals surface area contributed by atoms with Crippen molar-refractivity contribution in [1.29, 1.82) is 0 Å². The molecule has 0 saturated heterocycles. The van der Waals surface area contributed by atoms with Crippen LogP contribution in [0.3, 0.4) is 0 Å². The summed E-state index contributed by atoms with van der Waals surface area (Å²) in [7, 11) is -3.89. The molecule has 27 heavy (non-hydrogen) atoms. The molecule has 3 rings (SSSR count). The number of nitrogens with zero attached hydrogens (tertiary/aromatic N) is 1. The van der Waals surface area contributed by atoms with Gasteiger partial charge in [-0.25, -0.2) is 8.42 Å². The highest BCUT2D eigenvalue weighted by Gasteiger charge is 2.26. The van der Waals surface area contributed by atoms with Crippen LogP contribution >= 0.6 is 23.2 Å². The number of hydrogen-bond acceptors (Lipinski definition) is 3. The molecule has 0 atom stereocenters. The summed E-state index contributed by atoms with van der Waals surface area (Å²) in [6.45, 7) is 3.38. The molecule has 0 bridgehead atoms. The second-order valence-electron chi connectivity index (χ2n) is 6.54. The second kappa shape index (κ2) is 8.09. The zero-order chi connectivity index (χ0) is 19.6. The van der Waals surface area contributed by atoms with Crippen molar-refractivity contribution in [3.8, 4) is 0 Å². The highest BCUT2D eigenvalue weighted by atomic mass is 35.5. The first-order chi connectivity index (χ1) is 12.8. The van der Waals surface area contributed by atoms with Gasteiger partial charge >= 0.3 is 0 Å². The predicted octanol–water partition coefficient (Wildman–Crippen LogP) is 4.67. The van der Waals surface area contributed by atoms with Crippen molar-refractivity contribution < 1.29 is 13.2 Å². The number of halogens is 2. The standard InChI is InChI=1S/C19H20Cl2N2O3S/c1-2-23(12-13-3-4-13)19(24)14-5-8-16(9-6-14)22-27(25,26)18-11-15(20)7-10-17(18)21/h5-11,13,22H,2-4,12H2,1H3. The molecule has 0 aromatic heterocycles. The monoisotopic (exact) mass is 426 g/mol. The molecule has 1 N–H and O–H groups in total. The Bertz CT molecular complexity index is 942. The third kappa shape index (κ3) is 4.94. The molecule has 1 aliphatic rings. The molecule has 0 spiro atoms. The Kier molecular flexibility index (Phi) is 5.99. The van der Waals surface area contributed by atoms with Crippen molar-refractivity contribution in [3.63, 3.8) is 0 Å². The molecule has 8 heteroatoms. The number of anilines is 1. The lowest BCUT2D eigenvalue weighted by Crippen LogP contribution is -2.32. The van der Waals surface area contributed by atoms with Gasteiger partial charge in [0.05, 0.1) is 5.02 Å². The smallest absolute Gasteiger partial charge is 0.263 e. The minimum Gasteiger partial charge on any atom is -0.339 e. The Morgan fingerprint density at radius 2 is 1.81 bits per heavy atom. The molecular weight excluding hydrogens is 407 g/mol. The Morgan fingerprint density at radius 3 is 2.41 bits per heavy atom. The van der Waals surface area contributed by atoms with Gasteiger partial charge in [-0.2, -0.15) is 0 Å². The Hall–Kier alpha value is -1.76. The van der Waals surface area contributed by atoms with E-state index in [-0.39, 0.29) is 20.8 Å². The quantitative estimate of drug-likeness (QED) is 0.699. The van der Waals surface area contributed by atoms with Gasteiger partial charge in [0.1, 0.15) is 4.90 Å². The van der Waals surface area contributed by atoms with Crippen LogP contribution in [-0.2, 0) is 10.0 Å². The van der Waals surface area contributed by atoms with Crippen LogP contribution in [0.2, 0.25) is 10.0 Å². The van der Waals surface area contributed by atoms with E-state index in [1.165, 1.54) is 31.0 Å². The number of carbonyl (C=O) groups excluding carboxylic acids is 1. The molecular formula is C19H20Cl2N2O3S. The van der Waals surface area contributed by atoms with Crippen LogP contribution in [0.4, 0.5) is 5.69 Å². The van der Waals surface area contributed by atoms with Crippen molar-refractivity contribution in [1.82, 2.24) is 4.90 Å². The van der Waals surface area contributed by atoms with E-state index in [2.05, 4.69) is 4.72 Å². The Balaban J connectivity index is 1.75. The van der Waals surface area contributed by atoms with Gasteiger partial charge in [0, 0.05) is 29.4 Å². The molecule has 0 radical (unpaired) electrons. The number of carbonyl (C=O) groups is 1. The van der Waals surface area contributed by atoms with Gasteiger partial charge in [-0.15, -0.1) is 0 Å². The maximum atomic E-state index is 12.6. The lowest BCUT2D eigenvalue weighted by Gasteiger charge is -2.21. The maximum absolute atomic E-state index is 12.6. The number of amides is 1. The van der Waals surface area contributed by atoms with E-state index in [0.29, 0.717) is 23.7 Å². The van der Waals surface area contributed by atoms with Crippen molar-refractivity contribution in [2.75, 3.05) is 17.8 Å². The zero-order valence-electron chi connectivity index (χ0n) is 14.8. The van der Waals surface area contributed by atoms with E-state index in [1.54, 1.807) is 24.3 Å². The van der Waals surface area contributed by atoms with Gasteiger partial charge < -0.3 is 4.90 Å². The van der Waals surface area contributed by atoms with Gasteiger partial charge in [-0.3, -0.25) is 9.52 Å².